The first-order chi connectivity index (χ1) is 18.4. The molecule has 6 heteroatoms. The highest BCUT2D eigenvalue weighted by Crippen LogP contribution is 2.61. The highest BCUT2D eigenvalue weighted by atomic mass is 16.5. The molecule has 1 aromatic heterocycles. The summed E-state index contributed by atoms with van der Waals surface area (Å²) in [6.07, 6.45) is 6.51. The van der Waals surface area contributed by atoms with E-state index in [2.05, 4.69) is 60.1 Å². The molecule has 194 valence electrons. The number of aromatic nitrogens is 1. The predicted molar refractivity (Wildman–Crippen MR) is 144 cm³/mol. The molecule has 3 aliphatic carbocycles. The molecule has 38 heavy (non-hydrogen) atoms. The van der Waals surface area contributed by atoms with Crippen LogP contribution in [0.15, 0.2) is 48.7 Å². The molecule has 1 N–H and O–H groups in total. The van der Waals surface area contributed by atoms with Gasteiger partial charge < -0.3 is 19.4 Å². The average Bonchev–Trinajstić information content (AvgIpc) is 3.80. The van der Waals surface area contributed by atoms with E-state index in [4.69, 9.17) is 16.0 Å². The SMILES string of the molecule is [C-]#[N+]C1(CCCOc2cc(C)c(-c3cccc(COc4cc5c(cn4)C4[C@@H](C5)[C@@H]4C(=O)O)c3)c(C)c2)CC1. The highest BCUT2D eigenvalue weighted by molar-refractivity contribution is 5.77. The Labute approximate surface area is 223 Å². The van der Waals surface area contributed by atoms with Crippen LogP contribution in [0.3, 0.4) is 0 Å². The predicted octanol–water partition coefficient (Wildman–Crippen LogP) is 6.53. The van der Waals surface area contributed by atoms with Crippen LogP contribution in [0.2, 0.25) is 0 Å². The molecule has 0 saturated heterocycles. The highest BCUT2D eigenvalue weighted by Gasteiger charge is 2.60. The lowest BCUT2D eigenvalue weighted by atomic mass is 9.94. The van der Waals surface area contributed by atoms with Crippen LogP contribution in [-0.2, 0) is 17.8 Å². The van der Waals surface area contributed by atoms with Gasteiger partial charge >= 0.3 is 5.97 Å². The number of carboxylic acid groups (broad SMARTS) is 1. The molecular formula is C32H32N2O4. The lowest BCUT2D eigenvalue weighted by molar-refractivity contribution is -0.139. The molecule has 0 radical (unpaired) electrons. The third-order valence-electron chi connectivity index (χ3n) is 8.50. The summed E-state index contributed by atoms with van der Waals surface area (Å²) in [6, 6.07) is 14.6. The van der Waals surface area contributed by atoms with Gasteiger partial charge in [0.1, 0.15) is 12.4 Å². The lowest BCUT2D eigenvalue weighted by Gasteiger charge is -2.15. The Morgan fingerprint density at radius 2 is 1.95 bits per heavy atom. The summed E-state index contributed by atoms with van der Waals surface area (Å²) in [6.45, 7) is 12.6. The minimum atomic E-state index is -0.696. The van der Waals surface area contributed by atoms with Crippen molar-refractivity contribution in [1.82, 2.24) is 4.98 Å². The zero-order chi connectivity index (χ0) is 26.4. The van der Waals surface area contributed by atoms with E-state index < -0.39 is 5.97 Å². The number of hydrogen-bond acceptors (Lipinski definition) is 4. The monoisotopic (exact) mass is 508 g/mol. The minimum Gasteiger partial charge on any atom is -0.494 e. The number of fused-ring (bicyclic) bond motifs is 3. The molecule has 1 unspecified atom stereocenters. The summed E-state index contributed by atoms with van der Waals surface area (Å²) in [5.41, 5.74) is 7.89. The van der Waals surface area contributed by atoms with Gasteiger partial charge in [0.2, 0.25) is 11.4 Å². The van der Waals surface area contributed by atoms with Gasteiger partial charge in [-0.05, 0) is 89.8 Å². The van der Waals surface area contributed by atoms with Crippen LogP contribution in [0.4, 0.5) is 0 Å². The molecule has 2 saturated carbocycles. The largest absolute Gasteiger partial charge is 0.494 e. The zero-order valence-corrected chi connectivity index (χ0v) is 21.9. The lowest BCUT2D eigenvalue weighted by Crippen LogP contribution is -2.06. The van der Waals surface area contributed by atoms with Crippen molar-refractivity contribution in [2.24, 2.45) is 11.8 Å². The number of nitrogens with zero attached hydrogens (tertiary/aromatic N) is 2. The van der Waals surface area contributed by atoms with Gasteiger partial charge in [0.25, 0.3) is 0 Å². The molecule has 0 bridgehead atoms. The van der Waals surface area contributed by atoms with Crippen LogP contribution in [0.5, 0.6) is 11.6 Å². The number of aryl methyl sites for hydroxylation is 2. The van der Waals surface area contributed by atoms with Crippen LogP contribution in [0.25, 0.3) is 16.0 Å². The number of benzene rings is 2. The standard InChI is InChI=1S/C32H32N2O4/c1-19-12-24(37-11-5-8-32(33-3)9-10-32)13-20(2)28(19)22-7-4-6-21(14-22)18-38-27-16-23-15-25-29(26(23)17-34-27)30(25)31(35)36/h4,6-7,12-14,16-17,25,29-30H,5,8-11,15,18H2,1-2H3,(H,35,36)/t25-,29?,30+/m1/s1. The van der Waals surface area contributed by atoms with Gasteiger partial charge in [-0.2, -0.15) is 0 Å². The number of hydrogen-bond donors (Lipinski definition) is 1. The fraction of sp³-hybridized carbons (Fsp3) is 0.406. The summed E-state index contributed by atoms with van der Waals surface area (Å²) in [5, 5.41) is 9.32. The first-order valence-electron chi connectivity index (χ1n) is 13.4. The first-order valence-corrected chi connectivity index (χ1v) is 13.4. The Hall–Kier alpha value is -3.85. The van der Waals surface area contributed by atoms with E-state index in [1.165, 1.54) is 11.1 Å². The van der Waals surface area contributed by atoms with E-state index in [1.54, 1.807) is 6.20 Å². The van der Waals surface area contributed by atoms with E-state index in [1.807, 2.05) is 6.07 Å². The van der Waals surface area contributed by atoms with Gasteiger partial charge in [-0.25, -0.2) is 11.6 Å². The summed E-state index contributed by atoms with van der Waals surface area (Å²) < 4.78 is 12.1. The van der Waals surface area contributed by atoms with Crippen molar-refractivity contribution < 1.29 is 19.4 Å². The molecule has 3 aliphatic rings. The molecule has 0 spiro atoms. The van der Waals surface area contributed by atoms with Crippen LogP contribution in [0, 0.1) is 32.3 Å². The van der Waals surface area contributed by atoms with Crippen molar-refractivity contribution in [3.05, 3.63) is 87.9 Å². The van der Waals surface area contributed by atoms with Gasteiger partial charge in [-0.1, -0.05) is 18.2 Å². The fourth-order valence-corrected chi connectivity index (χ4v) is 6.27. The first kappa shape index (κ1) is 24.5. The summed E-state index contributed by atoms with van der Waals surface area (Å²) in [7, 11) is 0. The third kappa shape index (κ3) is 4.62. The van der Waals surface area contributed by atoms with Crippen molar-refractivity contribution in [3.63, 3.8) is 0 Å². The summed E-state index contributed by atoms with van der Waals surface area (Å²) in [4.78, 5) is 19.6. The molecule has 3 atom stereocenters. The van der Waals surface area contributed by atoms with E-state index >= 15 is 0 Å². The van der Waals surface area contributed by atoms with Gasteiger partial charge in [-0.3, -0.25) is 4.79 Å². The fourth-order valence-electron chi connectivity index (χ4n) is 6.27. The minimum absolute atomic E-state index is 0.0870. The van der Waals surface area contributed by atoms with Crippen molar-refractivity contribution in [2.45, 2.75) is 64.0 Å². The normalized spacial score (nSPS) is 21.7. The Kier molecular flexibility index (Phi) is 6.10. The van der Waals surface area contributed by atoms with Crippen LogP contribution in [-0.4, -0.2) is 28.2 Å². The van der Waals surface area contributed by atoms with Gasteiger partial charge in [-0.15, -0.1) is 0 Å². The van der Waals surface area contributed by atoms with Crippen molar-refractivity contribution >= 4 is 5.97 Å². The smallest absolute Gasteiger partial charge is 0.307 e. The molecule has 0 amide bonds. The van der Waals surface area contributed by atoms with Crippen LogP contribution >= 0.6 is 0 Å². The van der Waals surface area contributed by atoms with Gasteiger partial charge in [0.15, 0.2) is 0 Å². The number of aliphatic carboxylic acids is 1. The second-order valence-corrected chi connectivity index (χ2v) is 11.2. The zero-order valence-electron chi connectivity index (χ0n) is 21.9. The van der Waals surface area contributed by atoms with Crippen molar-refractivity contribution in [3.8, 4) is 22.8 Å². The maximum atomic E-state index is 11.3. The second-order valence-electron chi connectivity index (χ2n) is 11.2. The van der Waals surface area contributed by atoms with Crippen molar-refractivity contribution in [2.75, 3.05) is 6.61 Å². The quantitative estimate of drug-likeness (QED) is 0.249. The topological polar surface area (TPSA) is 73.0 Å². The van der Waals surface area contributed by atoms with Gasteiger partial charge in [0, 0.05) is 37.4 Å². The maximum absolute atomic E-state index is 11.3. The number of pyridine rings is 1. The summed E-state index contributed by atoms with van der Waals surface area (Å²) in [5.74, 6) is 0.878. The van der Waals surface area contributed by atoms with E-state index in [-0.39, 0.29) is 23.3 Å². The number of ether oxygens (including phenoxy) is 2. The molecular weight excluding hydrogens is 476 g/mol. The molecule has 2 fully saturated rings. The van der Waals surface area contributed by atoms with E-state index in [0.29, 0.717) is 19.1 Å². The van der Waals surface area contributed by atoms with E-state index in [0.717, 1.165) is 65.7 Å². The molecule has 6 nitrogen and oxygen atoms in total. The Balaban J connectivity index is 1.09. The number of carboxylic acids is 1. The molecule has 1 heterocycles. The molecule has 2 aromatic carbocycles. The molecule has 6 rings (SSSR count). The maximum Gasteiger partial charge on any atom is 0.307 e. The Bertz CT molecular complexity index is 1430. The van der Waals surface area contributed by atoms with Crippen molar-refractivity contribution in [1.29, 1.82) is 0 Å². The van der Waals surface area contributed by atoms with Crippen LogP contribution < -0.4 is 9.47 Å². The van der Waals surface area contributed by atoms with Crippen LogP contribution in [0.1, 0.15) is 59.4 Å². The molecule has 3 aromatic rings. The third-order valence-corrected chi connectivity index (χ3v) is 8.50. The number of carbonyl (C=O) groups is 1. The average molecular weight is 509 g/mol. The molecule has 0 aliphatic heterocycles. The van der Waals surface area contributed by atoms with E-state index in [9.17, 15) is 9.90 Å². The Morgan fingerprint density at radius 1 is 1.16 bits per heavy atom. The van der Waals surface area contributed by atoms with Gasteiger partial charge in [0.05, 0.1) is 12.5 Å². The number of rotatable bonds is 10. The Morgan fingerprint density at radius 3 is 2.66 bits per heavy atom. The summed E-state index contributed by atoms with van der Waals surface area (Å²) >= 11 is 0. The second kappa shape index (κ2) is 9.47.